The summed E-state index contributed by atoms with van der Waals surface area (Å²) < 4.78 is 31.9. The Morgan fingerprint density at radius 1 is 1.29 bits per heavy atom. The maximum Gasteiger partial charge on any atom is 0.380 e. The van der Waals surface area contributed by atoms with Gasteiger partial charge in [-0.2, -0.15) is 8.78 Å². The molecule has 0 atom stereocenters. The topological polar surface area (TPSA) is 46.5 Å². The SMILES string of the molecule is CCOC(=O)C(F)(F)C1(O)CCC(C)(C)CC1. The molecule has 1 aliphatic rings. The van der Waals surface area contributed by atoms with Crippen molar-refractivity contribution < 1.29 is 23.4 Å². The van der Waals surface area contributed by atoms with Crippen molar-refractivity contribution in [2.24, 2.45) is 5.41 Å². The van der Waals surface area contributed by atoms with Crippen molar-refractivity contribution in [2.45, 2.75) is 58.0 Å². The number of carbonyl (C=O) groups is 1. The Labute approximate surface area is 100 Å². The van der Waals surface area contributed by atoms with E-state index in [-0.39, 0.29) is 24.9 Å². The van der Waals surface area contributed by atoms with Gasteiger partial charge in [-0.3, -0.25) is 0 Å². The zero-order chi connectivity index (χ0) is 13.3. The third-order valence-electron chi connectivity index (χ3n) is 3.55. The normalized spacial score (nSPS) is 23.2. The lowest BCUT2D eigenvalue weighted by Crippen LogP contribution is -2.56. The molecule has 17 heavy (non-hydrogen) atoms. The number of alkyl halides is 2. The third kappa shape index (κ3) is 2.76. The Kier molecular flexibility index (Phi) is 3.81. The summed E-state index contributed by atoms with van der Waals surface area (Å²) >= 11 is 0. The summed E-state index contributed by atoms with van der Waals surface area (Å²) in [6, 6.07) is 0. The molecule has 1 aliphatic carbocycles. The average molecular weight is 250 g/mol. The summed E-state index contributed by atoms with van der Waals surface area (Å²) in [4.78, 5) is 11.2. The first-order valence-corrected chi connectivity index (χ1v) is 5.92. The van der Waals surface area contributed by atoms with Crippen LogP contribution in [0, 0.1) is 5.41 Å². The number of carbonyl (C=O) groups excluding carboxylic acids is 1. The Hall–Kier alpha value is -0.710. The Balaban J connectivity index is 2.80. The van der Waals surface area contributed by atoms with Crippen molar-refractivity contribution in [3.63, 3.8) is 0 Å². The van der Waals surface area contributed by atoms with Gasteiger partial charge in [-0.25, -0.2) is 4.79 Å². The highest BCUT2D eigenvalue weighted by Gasteiger charge is 2.60. The van der Waals surface area contributed by atoms with E-state index >= 15 is 0 Å². The molecule has 1 saturated carbocycles. The van der Waals surface area contributed by atoms with Gasteiger partial charge in [0, 0.05) is 0 Å². The van der Waals surface area contributed by atoms with Crippen LogP contribution in [0.25, 0.3) is 0 Å². The number of halogens is 2. The van der Waals surface area contributed by atoms with Gasteiger partial charge in [-0.1, -0.05) is 13.8 Å². The molecule has 3 nitrogen and oxygen atoms in total. The maximum atomic E-state index is 13.8. The highest BCUT2D eigenvalue weighted by Crippen LogP contribution is 2.47. The smallest absolute Gasteiger partial charge is 0.380 e. The van der Waals surface area contributed by atoms with Crippen LogP contribution in [-0.2, 0) is 9.53 Å². The Morgan fingerprint density at radius 3 is 2.18 bits per heavy atom. The first-order valence-electron chi connectivity index (χ1n) is 5.92. The predicted molar refractivity (Wildman–Crippen MR) is 58.8 cm³/mol. The summed E-state index contributed by atoms with van der Waals surface area (Å²) in [5, 5.41) is 9.98. The van der Waals surface area contributed by atoms with Gasteiger partial charge in [0.1, 0.15) is 5.60 Å². The lowest BCUT2D eigenvalue weighted by atomic mass is 9.69. The van der Waals surface area contributed by atoms with Crippen molar-refractivity contribution in [1.29, 1.82) is 0 Å². The molecule has 1 fully saturated rings. The molecule has 0 aromatic carbocycles. The minimum absolute atomic E-state index is 0.0586. The van der Waals surface area contributed by atoms with E-state index in [9.17, 15) is 18.7 Å². The summed E-state index contributed by atoms with van der Waals surface area (Å²) in [6.07, 6.45) is 0.786. The molecule has 0 bridgehead atoms. The van der Waals surface area contributed by atoms with Crippen LogP contribution in [0.2, 0.25) is 0 Å². The van der Waals surface area contributed by atoms with Gasteiger partial charge < -0.3 is 9.84 Å². The van der Waals surface area contributed by atoms with E-state index in [1.807, 2.05) is 13.8 Å². The fourth-order valence-corrected chi connectivity index (χ4v) is 2.07. The van der Waals surface area contributed by atoms with Gasteiger partial charge in [-0.15, -0.1) is 0 Å². The molecule has 0 aromatic rings. The molecule has 0 radical (unpaired) electrons. The maximum absolute atomic E-state index is 13.8. The van der Waals surface area contributed by atoms with Gasteiger partial charge in [0.15, 0.2) is 0 Å². The van der Waals surface area contributed by atoms with Crippen LogP contribution in [0.4, 0.5) is 8.78 Å². The quantitative estimate of drug-likeness (QED) is 0.783. The molecule has 0 aliphatic heterocycles. The van der Waals surface area contributed by atoms with Crippen LogP contribution in [-0.4, -0.2) is 29.2 Å². The van der Waals surface area contributed by atoms with Crippen LogP contribution >= 0.6 is 0 Å². The molecule has 0 saturated heterocycles. The number of rotatable bonds is 3. The summed E-state index contributed by atoms with van der Waals surface area (Å²) in [6.45, 7) is 5.28. The van der Waals surface area contributed by atoms with E-state index in [1.54, 1.807) is 0 Å². The summed E-state index contributed by atoms with van der Waals surface area (Å²) in [5.74, 6) is -5.44. The molecule has 0 unspecified atom stereocenters. The largest absolute Gasteiger partial charge is 0.461 e. The molecule has 0 spiro atoms. The van der Waals surface area contributed by atoms with E-state index in [0.717, 1.165) is 0 Å². The molecule has 5 heteroatoms. The summed E-state index contributed by atoms with van der Waals surface area (Å²) in [5.41, 5.74) is -2.31. The van der Waals surface area contributed by atoms with Crippen LogP contribution in [0.3, 0.4) is 0 Å². The first-order chi connectivity index (χ1) is 7.65. The lowest BCUT2D eigenvalue weighted by molar-refractivity contribution is -0.224. The number of ether oxygens (including phenoxy) is 1. The van der Waals surface area contributed by atoms with Gasteiger partial charge in [0.2, 0.25) is 0 Å². The van der Waals surface area contributed by atoms with Crippen molar-refractivity contribution >= 4 is 5.97 Å². The van der Waals surface area contributed by atoms with Gasteiger partial charge in [0.05, 0.1) is 6.61 Å². The highest BCUT2D eigenvalue weighted by atomic mass is 19.3. The molecule has 1 rings (SSSR count). The lowest BCUT2D eigenvalue weighted by Gasteiger charge is -2.42. The molecule has 1 N–H and O–H groups in total. The number of aliphatic hydroxyl groups is 1. The van der Waals surface area contributed by atoms with E-state index in [4.69, 9.17) is 0 Å². The van der Waals surface area contributed by atoms with E-state index < -0.39 is 17.5 Å². The predicted octanol–water partition coefficient (Wildman–Crippen LogP) is 2.52. The molecule has 0 aromatic heterocycles. The second kappa shape index (κ2) is 4.52. The third-order valence-corrected chi connectivity index (χ3v) is 3.55. The zero-order valence-electron chi connectivity index (χ0n) is 10.6. The average Bonchev–Trinajstić information content (AvgIpc) is 2.23. The molecule has 0 heterocycles. The van der Waals surface area contributed by atoms with Crippen LogP contribution in [0.1, 0.15) is 46.5 Å². The zero-order valence-corrected chi connectivity index (χ0v) is 10.6. The minimum Gasteiger partial charge on any atom is -0.461 e. The van der Waals surface area contributed by atoms with E-state index in [2.05, 4.69) is 4.74 Å². The van der Waals surface area contributed by atoms with Crippen molar-refractivity contribution in [3.05, 3.63) is 0 Å². The molecular weight excluding hydrogens is 230 g/mol. The number of esters is 1. The first kappa shape index (κ1) is 14.4. The van der Waals surface area contributed by atoms with Crippen molar-refractivity contribution in [2.75, 3.05) is 6.61 Å². The van der Waals surface area contributed by atoms with E-state index in [0.29, 0.717) is 12.8 Å². The summed E-state index contributed by atoms with van der Waals surface area (Å²) in [7, 11) is 0. The highest BCUT2D eigenvalue weighted by molar-refractivity contribution is 5.79. The molecular formula is C12H20F2O3. The molecule has 0 amide bonds. The fraction of sp³-hybridized carbons (Fsp3) is 0.917. The van der Waals surface area contributed by atoms with E-state index in [1.165, 1.54) is 6.92 Å². The number of hydrogen-bond donors (Lipinski definition) is 1. The Bertz CT molecular complexity index is 290. The van der Waals surface area contributed by atoms with Crippen LogP contribution in [0.5, 0.6) is 0 Å². The van der Waals surface area contributed by atoms with Crippen LogP contribution < -0.4 is 0 Å². The fourth-order valence-electron chi connectivity index (χ4n) is 2.07. The van der Waals surface area contributed by atoms with Gasteiger partial charge >= 0.3 is 11.9 Å². The van der Waals surface area contributed by atoms with Crippen LogP contribution in [0.15, 0.2) is 0 Å². The van der Waals surface area contributed by atoms with Gasteiger partial charge in [0.25, 0.3) is 0 Å². The molecule has 100 valence electrons. The van der Waals surface area contributed by atoms with Crippen molar-refractivity contribution in [1.82, 2.24) is 0 Å². The van der Waals surface area contributed by atoms with Gasteiger partial charge in [-0.05, 0) is 38.0 Å². The second-order valence-corrected chi connectivity index (χ2v) is 5.49. The monoisotopic (exact) mass is 250 g/mol. The standard InChI is InChI=1S/C12H20F2O3/c1-4-17-9(15)12(13,14)11(16)7-5-10(2,3)6-8-11/h16H,4-8H2,1-3H3. The minimum atomic E-state index is -3.82. The Morgan fingerprint density at radius 2 is 1.76 bits per heavy atom. The van der Waals surface area contributed by atoms with Crippen molar-refractivity contribution in [3.8, 4) is 0 Å². The second-order valence-electron chi connectivity index (χ2n) is 5.49. The number of hydrogen-bond acceptors (Lipinski definition) is 3.